The molecule has 4 heteroatoms. The van der Waals surface area contributed by atoms with Gasteiger partial charge in [0.15, 0.2) is 0 Å². The first-order valence-corrected chi connectivity index (χ1v) is 7.06. The van der Waals surface area contributed by atoms with Gasteiger partial charge in [-0.15, -0.1) is 0 Å². The zero-order chi connectivity index (χ0) is 13.3. The van der Waals surface area contributed by atoms with Crippen LogP contribution in [0.15, 0.2) is 0 Å². The van der Waals surface area contributed by atoms with E-state index in [0.29, 0.717) is 31.8 Å². The highest BCUT2D eigenvalue weighted by atomic mass is 16.5. The van der Waals surface area contributed by atoms with Crippen molar-refractivity contribution in [2.24, 2.45) is 11.3 Å². The van der Waals surface area contributed by atoms with Gasteiger partial charge in [0.1, 0.15) is 0 Å². The molecule has 108 valence electrons. The maximum atomic E-state index is 5.48. The first kappa shape index (κ1) is 15.9. The molecule has 0 radical (unpaired) electrons. The molecule has 1 aliphatic rings. The number of rotatable bonds is 12. The third-order valence-electron chi connectivity index (χ3n) is 3.82. The van der Waals surface area contributed by atoms with Gasteiger partial charge in [0, 0.05) is 20.2 Å². The predicted octanol–water partition coefficient (Wildman–Crippen LogP) is 1.69. The molecule has 0 heterocycles. The Balaban J connectivity index is 1.79. The van der Waals surface area contributed by atoms with Crippen molar-refractivity contribution in [3.63, 3.8) is 0 Å². The fourth-order valence-electron chi connectivity index (χ4n) is 2.06. The molecular formula is C14H29NO3. The second kappa shape index (κ2) is 8.86. The summed E-state index contributed by atoms with van der Waals surface area (Å²) in [5.41, 5.74) is 0.587. The summed E-state index contributed by atoms with van der Waals surface area (Å²) in [6.07, 6.45) is 2.76. The van der Waals surface area contributed by atoms with Crippen LogP contribution >= 0.6 is 0 Å². The van der Waals surface area contributed by atoms with Crippen LogP contribution in [0.3, 0.4) is 0 Å². The Morgan fingerprint density at radius 2 is 1.61 bits per heavy atom. The van der Waals surface area contributed by atoms with Gasteiger partial charge >= 0.3 is 0 Å². The lowest BCUT2D eigenvalue weighted by Crippen LogP contribution is -2.30. The first-order valence-electron chi connectivity index (χ1n) is 7.06. The van der Waals surface area contributed by atoms with Crippen LogP contribution in [0.25, 0.3) is 0 Å². The third-order valence-corrected chi connectivity index (χ3v) is 3.82. The van der Waals surface area contributed by atoms with Crippen molar-refractivity contribution >= 4 is 0 Å². The van der Waals surface area contributed by atoms with Crippen molar-refractivity contribution < 1.29 is 14.2 Å². The van der Waals surface area contributed by atoms with Gasteiger partial charge in [-0.25, -0.2) is 0 Å². The SMILES string of the molecule is COCCOCCOCCNCC1(C(C)C)CC1. The molecule has 0 aliphatic heterocycles. The van der Waals surface area contributed by atoms with E-state index in [4.69, 9.17) is 14.2 Å². The molecule has 1 N–H and O–H groups in total. The van der Waals surface area contributed by atoms with E-state index in [2.05, 4.69) is 19.2 Å². The Morgan fingerprint density at radius 3 is 2.17 bits per heavy atom. The quantitative estimate of drug-likeness (QED) is 0.541. The van der Waals surface area contributed by atoms with Gasteiger partial charge in [-0.1, -0.05) is 13.8 Å². The molecule has 1 rings (SSSR count). The van der Waals surface area contributed by atoms with Crippen molar-refractivity contribution in [1.29, 1.82) is 0 Å². The van der Waals surface area contributed by atoms with Gasteiger partial charge < -0.3 is 19.5 Å². The van der Waals surface area contributed by atoms with Crippen LogP contribution in [-0.4, -0.2) is 53.2 Å². The van der Waals surface area contributed by atoms with Gasteiger partial charge in [0.05, 0.1) is 33.0 Å². The smallest absolute Gasteiger partial charge is 0.0701 e. The minimum atomic E-state index is 0.587. The zero-order valence-electron chi connectivity index (χ0n) is 12.2. The summed E-state index contributed by atoms with van der Waals surface area (Å²) in [5.74, 6) is 0.792. The molecule has 0 aromatic carbocycles. The van der Waals surface area contributed by atoms with Crippen LogP contribution in [-0.2, 0) is 14.2 Å². The van der Waals surface area contributed by atoms with Crippen molar-refractivity contribution in [2.75, 3.05) is 53.2 Å². The van der Waals surface area contributed by atoms with Gasteiger partial charge in [0.2, 0.25) is 0 Å². The van der Waals surface area contributed by atoms with Crippen molar-refractivity contribution in [2.45, 2.75) is 26.7 Å². The second-order valence-electron chi connectivity index (χ2n) is 5.41. The summed E-state index contributed by atoms with van der Waals surface area (Å²) >= 11 is 0. The van der Waals surface area contributed by atoms with E-state index < -0.39 is 0 Å². The number of hydrogen-bond donors (Lipinski definition) is 1. The summed E-state index contributed by atoms with van der Waals surface area (Å²) in [6.45, 7) is 10.1. The normalized spacial score (nSPS) is 17.3. The molecule has 1 aliphatic carbocycles. The summed E-state index contributed by atoms with van der Waals surface area (Å²) in [5, 5.41) is 3.49. The van der Waals surface area contributed by atoms with Crippen LogP contribution in [0, 0.1) is 11.3 Å². The Bertz CT molecular complexity index is 205. The van der Waals surface area contributed by atoms with Crippen LogP contribution in [0.5, 0.6) is 0 Å². The van der Waals surface area contributed by atoms with Crippen LogP contribution in [0.2, 0.25) is 0 Å². The average molecular weight is 259 g/mol. The van der Waals surface area contributed by atoms with Gasteiger partial charge in [0.25, 0.3) is 0 Å². The molecule has 1 saturated carbocycles. The fraction of sp³-hybridized carbons (Fsp3) is 1.00. The third kappa shape index (κ3) is 6.14. The van der Waals surface area contributed by atoms with Crippen LogP contribution in [0.4, 0.5) is 0 Å². The van der Waals surface area contributed by atoms with E-state index >= 15 is 0 Å². The molecule has 1 fully saturated rings. The second-order valence-corrected chi connectivity index (χ2v) is 5.41. The van der Waals surface area contributed by atoms with E-state index in [-0.39, 0.29) is 0 Å². The number of nitrogens with one attached hydrogen (secondary N) is 1. The number of methoxy groups -OCH3 is 1. The Morgan fingerprint density at radius 1 is 1.00 bits per heavy atom. The highest BCUT2D eigenvalue weighted by Gasteiger charge is 2.44. The molecular weight excluding hydrogens is 230 g/mol. The largest absolute Gasteiger partial charge is 0.382 e. The maximum absolute atomic E-state index is 5.48. The minimum Gasteiger partial charge on any atom is -0.382 e. The van der Waals surface area contributed by atoms with E-state index in [1.165, 1.54) is 12.8 Å². The molecule has 0 amide bonds. The average Bonchev–Trinajstić information content (AvgIpc) is 3.13. The lowest BCUT2D eigenvalue weighted by Gasteiger charge is -2.20. The monoisotopic (exact) mass is 259 g/mol. The van der Waals surface area contributed by atoms with Gasteiger partial charge in [-0.3, -0.25) is 0 Å². The lowest BCUT2D eigenvalue weighted by molar-refractivity contribution is 0.0253. The molecule has 4 nitrogen and oxygen atoms in total. The van der Waals surface area contributed by atoms with Gasteiger partial charge in [-0.05, 0) is 24.2 Å². The molecule has 0 saturated heterocycles. The van der Waals surface area contributed by atoms with Crippen molar-refractivity contribution in [3.05, 3.63) is 0 Å². The Hall–Kier alpha value is -0.160. The number of ether oxygens (including phenoxy) is 3. The van der Waals surface area contributed by atoms with E-state index in [0.717, 1.165) is 25.6 Å². The molecule has 0 atom stereocenters. The lowest BCUT2D eigenvalue weighted by atomic mass is 9.92. The van der Waals surface area contributed by atoms with Crippen molar-refractivity contribution in [3.8, 4) is 0 Å². The van der Waals surface area contributed by atoms with Crippen LogP contribution < -0.4 is 5.32 Å². The molecule has 0 aromatic rings. The predicted molar refractivity (Wildman–Crippen MR) is 72.9 cm³/mol. The Labute approximate surface area is 111 Å². The van der Waals surface area contributed by atoms with Gasteiger partial charge in [-0.2, -0.15) is 0 Å². The summed E-state index contributed by atoms with van der Waals surface area (Å²) in [7, 11) is 1.68. The topological polar surface area (TPSA) is 39.7 Å². The fourth-order valence-corrected chi connectivity index (χ4v) is 2.06. The standard InChI is InChI=1S/C14H29NO3/c1-13(2)14(4-5-14)12-15-6-7-17-10-11-18-9-8-16-3/h13,15H,4-12H2,1-3H3. The summed E-state index contributed by atoms with van der Waals surface area (Å²) < 4.78 is 15.7. The van der Waals surface area contributed by atoms with E-state index in [9.17, 15) is 0 Å². The molecule has 0 aromatic heterocycles. The minimum absolute atomic E-state index is 0.587. The molecule has 18 heavy (non-hydrogen) atoms. The summed E-state index contributed by atoms with van der Waals surface area (Å²) in [6, 6.07) is 0. The van der Waals surface area contributed by atoms with E-state index in [1.807, 2.05) is 0 Å². The molecule has 0 spiro atoms. The maximum Gasteiger partial charge on any atom is 0.0701 e. The zero-order valence-corrected chi connectivity index (χ0v) is 12.2. The molecule has 0 unspecified atom stereocenters. The van der Waals surface area contributed by atoms with Crippen LogP contribution in [0.1, 0.15) is 26.7 Å². The highest BCUT2D eigenvalue weighted by Crippen LogP contribution is 2.51. The Kier molecular flexibility index (Phi) is 7.82. The number of hydrogen-bond acceptors (Lipinski definition) is 4. The first-order chi connectivity index (χ1) is 8.71. The van der Waals surface area contributed by atoms with E-state index in [1.54, 1.807) is 7.11 Å². The molecule has 0 bridgehead atoms. The van der Waals surface area contributed by atoms with Crippen molar-refractivity contribution in [1.82, 2.24) is 5.32 Å². The highest BCUT2D eigenvalue weighted by molar-refractivity contribution is 4.96. The summed E-state index contributed by atoms with van der Waals surface area (Å²) in [4.78, 5) is 0.